The maximum atomic E-state index is 6.38. The van der Waals surface area contributed by atoms with Gasteiger partial charge in [0.15, 0.2) is 0 Å². The minimum absolute atomic E-state index is 0.109. The highest BCUT2D eigenvalue weighted by Crippen LogP contribution is 2.48. The van der Waals surface area contributed by atoms with Crippen molar-refractivity contribution in [3.63, 3.8) is 0 Å². The Morgan fingerprint density at radius 3 is 2.35 bits per heavy atom. The Hall–Kier alpha value is -0.280. The number of ether oxygens (including phenoxy) is 1. The van der Waals surface area contributed by atoms with Crippen LogP contribution >= 0.6 is 23.2 Å². The van der Waals surface area contributed by atoms with Crippen molar-refractivity contribution >= 4 is 23.2 Å². The van der Waals surface area contributed by atoms with E-state index in [2.05, 4.69) is 33.0 Å². The van der Waals surface area contributed by atoms with Crippen molar-refractivity contribution in [2.45, 2.75) is 51.4 Å². The van der Waals surface area contributed by atoms with Crippen molar-refractivity contribution < 1.29 is 4.74 Å². The van der Waals surface area contributed by atoms with Crippen LogP contribution in [0.5, 0.6) is 0 Å². The van der Waals surface area contributed by atoms with Crippen molar-refractivity contribution in [2.24, 2.45) is 5.92 Å². The third kappa shape index (κ3) is 3.14. The van der Waals surface area contributed by atoms with Gasteiger partial charge in [-0.2, -0.15) is 0 Å². The molecule has 0 aromatic heterocycles. The Labute approximate surface area is 131 Å². The molecule has 2 nitrogen and oxygen atoms in total. The highest BCUT2D eigenvalue weighted by molar-refractivity contribution is 6.35. The van der Waals surface area contributed by atoms with E-state index in [1.54, 1.807) is 6.07 Å². The van der Waals surface area contributed by atoms with Gasteiger partial charge in [0.25, 0.3) is 0 Å². The molecule has 1 aromatic rings. The second kappa shape index (κ2) is 5.49. The Morgan fingerprint density at radius 1 is 1.25 bits per heavy atom. The summed E-state index contributed by atoms with van der Waals surface area (Å²) in [5, 5.41) is 4.78. The molecule has 0 amide bonds. The van der Waals surface area contributed by atoms with E-state index in [0.717, 1.165) is 12.0 Å². The lowest BCUT2D eigenvalue weighted by molar-refractivity contribution is -0.0776. The number of benzene rings is 1. The van der Waals surface area contributed by atoms with Crippen LogP contribution in [0.15, 0.2) is 18.2 Å². The van der Waals surface area contributed by atoms with Crippen molar-refractivity contribution in [1.82, 2.24) is 5.32 Å². The third-order valence-corrected chi connectivity index (χ3v) is 4.72. The van der Waals surface area contributed by atoms with Crippen LogP contribution in [0.25, 0.3) is 0 Å². The maximum Gasteiger partial charge on any atom is 0.0681 e. The SMILES string of the molecule is CNC(c1ccc(Cl)cc1Cl)C1CC(C)(C)OC1(C)C. The fraction of sp³-hybridized carbons (Fsp3) is 0.625. The van der Waals surface area contributed by atoms with Crippen LogP contribution in [0.4, 0.5) is 0 Å². The van der Waals surface area contributed by atoms with E-state index in [-0.39, 0.29) is 17.2 Å². The molecule has 1 N–H and O–H groups in total. The van der Waals surface area contributed by atoms with Crippen LogP contribution in [-0.2, 0) is 4.74 Å². The average Bonchev–Trinajstić information content (AvgIpc) is 2.51. The van der Waals surface area contributed by atoms with Crippen molar-refractivity contribution in [3.05, 3.63) is 33.8 Å². The molecule has 0 spiro atoms. The molecule has 1 aromatic carbocycles. The molecule has 1 aliphatic rings. The van der Waals surface area contributed by atoms with E-state index in [9.17, 15) is 0 Å². The summed E-state index contributed by atoms with van der Waals surface area (Å²) < 4.78 is 6.21. The molecular weight excluding hydrogens is 293 g/mol. The highest BCUT2D eigenvalue weighted by Gasteiger charge is 2.49. The average molecular weight is 316 g/mol. The van der Waals surface area contributed by atoms with E-state index >= 15 is 0 Å². The second-order valence-electron chi connectivity index (χ2n) is 6.71. The molecule has 1 saturated heterocycles. The van der Waals surface area contributed by atoms with Crippen molar-refractivity contribution in [3.8, 4) is 0 Å². The lowest BCUT2D eigenvalue weighted by Gasteiger charge is -2.33. The first-order valence-electron chi connectivity index (χ1n) is 6.99. The summed E-state index contributed by atoms with van der Waals surface area (Å²) in [6.45, 7) is 8.59. The number of halogens is 2. The Kier molecular flexibility index (Phi) is 4.42. The van der Waals surface area contributed by atoms with Gasteiger partial charge < -0.3 is 10.1 Å². The van der Waals surface area contributed by atoms with Gasteiger partial charge in [0.05, 0.1) is 11.2 Å². The predicted molar refractivity (Wildman–Crippen MR) is 85.6 cm³/mol. The summed E-state index contributed by atoms with van der Waals surface area (Å²) in [5.41, 5.74) is 0.778. The van der Waals surface area contributed by atoms with E-state index in [0.29, 0.717) is 16.0 Å². The van der Waals surface area contributed by atoms with E-state index < -0.39 is 0 Å². The molecule has 0 aliphatic carbocycles. The first-order valence-corrected chi connectivity index (χ1v) is 7.74. The van der Waals surface area contributed by atoms with E-state index in [4.69, 9.17) is 27.9 Å². The fourth-order valence-electron chi connectivity index (χ4n) is 3.45. The number of hydrogen-bond acceptors (Lipinski definition) is 2. The highest BCUT2D eigenvalue weighted by atomic mass is 35.5. The monoisotopic (exact) mass is 315 g/mol. The lowest BCUT2D eigenvalue weighted by atomic mass is 9.79. The van der Waals surface area contributed by atoms with Gasteiger partial charge in [-0.05, 0) is 58.9 Å². The number of nitrogens with one attached hydrogen (secondary N) is 1. The van der Waals surface area contributed by atoms with Crippen LogP contribution in [0, 0.1) is 5.92 Å². The molecule has 0 bridgehead atoms. The van der Waals surface area contributed by atoms with Crippen LogP contribution in [0.2, 0.25) is 10.0 Å². The molecule has 0 saturated carbocycles. The second-order valence-corrected chi connectivity index (χ2v) is 7.55. The van der Waals surface area contributed by atoms with Crippen LogP contribution in [0.1, 0.15) is 45.7 Å². The van der Waals surface area contributed by atoms with E-state index in [1.165, 1.54) is 0 Å². The van der Waals surface area contributed by atoms with Gasteiger partial charge in [-0.3, -0.25) is 0 Å². The summed E-state index contributed by atoms with van der Waals surface area (Å²) >= 11 is 12.4. The zero-order valence-electron chi connectivity index (χ0n) is 12.8. The van der Waals surface area contributed by atoms with Crippen LogP contribution < -0.4 is 5.32 Å². The summed E-state index contributed by atoms with van der Waals surface area (Å²) in [5.74, 6) is 0.348. The molecular formula is C16H23Cl2NO. The van der Waals surface area contributed by atoms with E-state index in [1.807, 2.05) is 19.2 Å². The Morgan fingerprint density at radius 2 is 1.90 bits per heavy atom. The number of rotatable bonds is 3. The molecule has 1 heterocycles. The minimum atomic E-state index is -0.194. The van der Waals surface area contributed by atoms with Gasteiger partial charge in [0, 0.05) is 22.0 Å². The zero-order valence-corrected chi connectivity index (χ0v) is 14.3. The zero-order chi connectivity index (χ0) is 15.1. The summed E-state index contributed by atoms with van der Waals surface area (Å²) in [4.78, 5) is 0. The quantitative estimate of drug-likeness (QED) is 0.861. The molecule has 1 aliphatic heterocycles. The van der Waals surface area contributed by atoms with Gasteiger partial charge in [-0.15, -0.1) is 0 Å². The lowest BCUT2D eigenvalue weighted by Crippen LogP contribution is -2.37. The standard InChI is InChI=1S/C16H23Cl2NO/c1-15(2)9-12(16(3,4)20-15)14(19-5)11-7-6-10(17)8-13(11)18/h6-8,12,14,19H,9H2,1-5H3. The number of hydrogen-bond donors (Lipinski definition) is 1. The first-order chi connectivity index (χ1) is 9.16. The summed E-state index contributed by atoms with van der Waals surface area (Å²) in [7, 11) is 1.97. The summed E-state index contributed by atoms with van der Waals surface area (Å²) in [6, 6.07) is 5.85. The molecule has 2 atom stereocenters. The predicted octanol–water partition coefficient (Wildman–Crippen LogP) is 4.85. The first kappa shape index (κ1) is 16.1. The molecule has 4 heteroatoms. The molecule has 2 unspecified atom stereocenters. The molecule has 20 heavy (non-hydrogen) atoms. The van der Waals surface area contributed by atoms with Gasteiger partial charge in [0.2, 0.25) is 0 Å². The van der Waals surface area contributed by atoms with Crippen LogP contribution in [0.3, 0.4) is 0 Å². The Balaban J connectivity index is 2.37. The maximum absolute atomic E-state index is 6.38. The Bertz CT molecular complexity index is 499. The third-order valence-electron chi connectivity index (χ3n) is 4.15. The van der Waals surface area contributed by atoms with Crippen molar-refractivity contribution in [1.29, 1.82) is 0 Å². The molecule has 0 radical (unpaired) electrons. The topological polar surface area (TPSA) is 21.3 Å². The molecule has 1 fully saturated rings. The van der Waals surface area contributed by atoms with Crippen LogP contribution in [-0.4, -0.2) is 18.2 Å². The normalized spacial score (nSPS) is 25.6. The minimum Gasteiger partial charge on any atom is -0.369 e. The van der Waals surface area contributed by atoms with Gasteiger partial charge in [-0.1, -0.05) is 29.3 Å². The summed E-state index contributed by atoms with van der Waals surface area (Å²) in [6.07, 6.45) is 0.991. The largest absolute Gasteiger partial charge is 0.369 e. The smallest absolute Gasteiger partial charge is 0.0681 e. The van der Waals surface area contributed by atoms with Gasteiger partial charge in [0.1, 0.15) is 0 Å². The molecule has 112 valence electrons. The molecule has 2 rings (SSSR count). The van der Waals surface area contributed by atoms with Crippen molar-refractivity contribution in [2.75, 3.05) is 7.05 Å². The van der Waals surface area contributed by atoms with Gasteiger partial charge >= 0.3 is 0 Å². The fourth-order valence-corrected chi connectivity index (χ4v) is 3.98. The van der Waals surface area contributed by atoms with Gasteiger partial charge in [-0.25, -0.2) is 0 Å².